The predicted molar refractivity (Wildman–Crippen MR) is 116 cm³/mol. The third-order valence-corrected chi connectivity index (χ3v) is 6.78. The van der Waals surface area contributed by atoms with Crippen LogP contribution >= 0.6 is 0 Å². The number of hydrogen-bond donors (Lipinski definition) is 2. The molecule has 0 radical (unpaired) electrons. The highest BCUT2D eigenvalue weighted by molar-refractivity contribution is 6.07. The van der Waals surface area contributed by atoms with Crippen molar-refractivity contribution in [3.63, 3.8) is 0 Å². The van der Waals surface area contributed by atoms with Gasteiger partial charge in [0.15, 0.2) is 6.04 Å². The quantitative estimate of drug-likeness (QED) is 0.586. The number of β-lactam (4-membered cyclic amide) rings is 1. The lowest BCUT2D eigenvalue weighted by molar-refractivity contribution is -0.167. The van der Waals surface area contributed by atoms with Gasteiger partial charge < -0.3 is 25.0 Å². The molecule has 3 aliphatic rings. The highest BCUT2D eigenvalue weighted by Crippen LogP contribution is 2.35. The number of carbonyl (C=O) groups excluding carboxylic acids is 3. The van der Waals surface area contributed by atoms with Gasteiger partial charge in [0.2, 0.25) is 5.91 Å². The summed E-state index contributed by atoms with van der Waals surface area (Å²) in [6.07, 6.45) is 0.803. The average molecular weight is 453 g/mol. The first-order chi connectivity index (χ1) is 15.1. The largest absolute Gasteiger partial charge is 0.480 e. The van der Waals surface area contributed by atoms with E-state index in [1.165, 1.54) is 4.90 Å². The fourth-order valence-electron chi connectivity index (χ4n) is 5.01. The van der Waals surface area contributed by atoms with Gasteiger partial charge in [0, 0.05) is 26.2 Å². The van der Waals surface area contributed by atoms with Crippen LogP contribution in [0.3, 0.4) is 0 Å². The lowest BCUT2D eigenvalue weighted by atomic mass is 9.80. The summed E-state index contributed by atoms with van der Waals surface area (Å²) in [6, 6.07) is -1.70. The number of aliphatic carboxylic acids is 1. The van der Waals surface area contributed by atoms with Crippen molar-refractivity contribution in [2.45, 2.75) is 52.7 Å². The second-order valence-corrected chi connectivity index (χ2v) is 9.79. The van der Waals surface area contributed by atoms with Gasteiger partial charge in [-0.1, -0.05) is 27.7 Å². The van der Waals surface area contributed by atoms with E-state index in [2.05, 4.69) is 5.32 Å². The van der Waals surface area contributed by atoms with Crippen LogP contribution in [0.5, 0.6) is 0 Å². The Balaban J connectivity index is 1.54. The first kappa shape index (κ1) is 24.3. The number of carbonyl (C=O) groups is 4. The van der Waals surface area contributed by atoms with Crippen molar-refractivity contribution in [2.75, 3.05) is 39.3 Å². The molecule has 0 aromatic heterocycles. The molecule has 3 heterocycles. The number of likely N-dealkylation sites (tertiary alicyclic amines) is 1. The molecule has 0 aromatic rings. The lowest BCUT2D eigenvalue weighted by Gasteiger charge is -2.46. The molecule has 3 atom stereocenters. The number of imide groups is 1. The molecule has 2 N–H and O–H groups in total. The summed E-state index contributed by atoms with van der Waals surface area (Å²) >= 11 is 0. The minimum atomic E-state index is -1.15. The Morgan fingerprint density at radius 2 is 1.66 bits per heavy atom. The number of rotatable bonds is 6. The second kappa shape index (κ2) is 10.1. The molecule has 1 unspecified atom stereocenters. The number of piperazine rings is 1. The highest BCUT2D eigenvalue weighted by atomic mass is 16.6. The summed E-state index contributed by atoms with van der Waals surface area (Å²) in [5.74, 6) is -1.56. The summed E-state index contributed by atoms with van der Waals surface area (Å²) in [7, 11) is 0. The number of urea groups is 1. The maximum Gasteiger partial charge on any atom is 0.410 e. The first-order valence-corrected chi connectivity index (χ1v) is 11.6. The van der Waals surface area contributed by atoms with Crippen molar-refractivity contribution in [3.05, 3.63) is 0 Å². The van der Waals surface area contributed by atoms with E-state index in [4.69, 9.17) is 4.74 Å². The van der Waals surface area contributed by atoms with Crippen LogP contribution in [0, 0.1) is 23.7 Å². The Morgan fingerprint density at radius 3 is 2.16 bits per heavy atom. The first-order valence-electron chi connectivity index (χ1n) is 11.6. The molecule has 180 valence electrons. The van der Waals surface area contributed by atoms with Gasteiger partial charge in [-0.15, -0.1) is 0 Å². The van der Waals surface area contributed by atoms with Gasteiger partial charge in [-0.3, -0.25) is 4.79 Å². The van der Waals surface area contributed by atoms with Crippen molar-refractivity contribution in [1.82, 2.24) is 20.0 Å². The van der Waals surface area contributed by atoms with Crippen LogP contribution in [0.1, 0.15) is 40.5 Å². The zero-order valence-corrected chi connectivity index (χ0v) is 19.5. The molecular weight excluding hydrogens is 416 g/mol. The summed E-state index contributed by atoms with van der Waals surface area (Å²) in [4.78, 5) is 53.9. The van der Waals surface area contributed by atoms with Crippen LogP contribution in [0.25, 0.3) is 0 Å². The molecule has 3 aliphatic heterocycles. The number of hydrogen-bond acceptors (Lipinski definition) is 6. The zero-order chi connectivity index (χ0) is 23.6. The Morgan fingerprint density at radius 1 is 1.06 bits per heavy atom. The topological polar surface area (TPSA) is 119 Å². The molecule has 10 heteroatoms. The molecule has 3 rings (SSSR count). The third-order valence-electron chi connectivity index (χ3n) is 6.78. The Labute approximate surface area is 189 Å². The van der Waals surface area contributed by atoms with Crippen LogP contribution < -0.4 is 5.32 Å². The van der Waals surface area contributed by atoms with Crippen molar-refractivity contribution < 1.29 is 29.0 Å². The van der Waals surface area contributed by atoms with Crippen LogP contribution in [0.15, 0.2) is 0 Å². The van der Waals surface area contributed by atoms with Gasteiger partial charge in [0.25, 0.3) is 0 Å². The van der Waals surface area contributed by atoms with E-state index in [1.807, 2.05) is 27.7 Å². The molecule has 0 spiro atoms. The number of nitrogens with one attached hydrogen (secondary N) is 1. The van der Waals surface area contributed by atoms with E-state index < -0.39 is 36.0 Å². The van der Waals surface area contributed by atoms with Gasteiger partial charge in [0.05, 0.1) is 5.92 Å². The van der Waals surface area contributed by atoms with Crippen molar-refractivity contribution in [3.8, 4) is 0 Å². The molecule has 0 aliphatic carbocycles. The number of carboxylic acid groups (broad SMARTS) is 1. The van der Waals surface area contributed by atoms with Crippen molar-refractivity contribution in [2.24, 2.45) is 23.7 Å². The zero-order valence-electron chi connectivity index (χ0n) is 19.5. The maximum absolute atomic E-state index is 12.9. The Kier molecular flexibility index (Phi) is 7.63. The van der Waals surface area contributed by atoms with Crippen LogP contribution in [0.2, 0.25) is 0 Å². The highest BCUT2D eigenvalue weighted by Gasteiger charge is 2.56. The van der Waals surface area contributed by atoms with E-state index in [0.717, 1.165) is 24.4 Å². The normalized spacial score (nSPS) is 26.2. The predicted octanol–water partition coefficient (Wildman–Crippen LogP) is 1.45. The van der Waals surface area contributed by atoms with Gasteiger partial charge >= 0.3 is 18.1 Å². The summed E-state index contributed by atoms with van der Waals surface area (Å²) in [6.45, 7) is 10.7. The second-order valence-electron chi connectivity index (χ2n) is 9.79. The Hall–Kier alpha value is -2.36. The average Bonchev–Trinajstić information content (AvgIpc) is 3.26. The molecule has 10 nitrogen and oxygen atoms in total. The van der Waals surface area contributed by atoms with Gasteiger partial charge in [0.1, 0.15) is 6.10 Å². The maximum atomic E-state index is 12.9. The Bertz CT molecular complexity index is 720. The van der Waals surface area contributed by atoms with E-state index in [0.29, 0.717) is 6.42 Å². The molecule has 32 heavy (non-hydrogen) atoms. The monoisotopic (exact) mass is 452 g/mol. The number of amides is 4. The van der Waals surface area contributed by atoms with Crippen LogP contribution in [0.4, 0.5) is 9.59 Å². The lowest BCUT2D eigenvalue weighted by Crippen LogP contribution is -2.69. The molecule has 4 amide bonds. The van der Waals surface area contributed by atoms with Crippen molar-refractivity contribution in [1.29, 1.82) is 0 Å². The van der Waals surface area contributed by atoms with Crippen LogP contribution in [-0.4, -0.2) is 95.2 Å². The SMILES string of the molecule is CC(C)C(OC(=O)N1CCN(C(=O)N2C(=O)[C@H](CC3CCNC3)[C@H]2C(=O)O)CC1)C(C)C. The van der Waals surface area contributed by atoms with Crippen molar-refractivity contribution >= 4 is 24.0 Å². The fourth-order valence-corrected chi connectivity index (χ4v) is 5.01. The van der Waals surface area contributed by atoms with Gasteiger partial charge in [-0.05, 0) is 43.7 Å². The minimum Gasteiger partial charge on any atom is -0.480 e. The molecule has 0 bridgehead atoms. The molecule has 0 aromatic carbocycles. The summed E-state index contributed by atoms with van der Waals surface area (Å²) in [5.41, 5.74) is 0. The van der Waals surface area contributed by atoms with E-state index in [9.17, 15) is 24.3 Å². The molecule has 3 fully saturated rings. The molecule has 3 saturated heterocycles. The number of carboxylic acids is 1. The number of ether oxygens (including phenoxy) is 1. The summed E-state index contributed by atoms with van der Waals surface area (Å²) < 4.78 is 5.67. The standard InChI is InChI=1S/C22H36N4O6/c1-13(2)18(14(3)4)32-22(31)25-9-7-24(8-10-25)21(30)26-17(20(28)29)16(19(26)27)11-15-5-6-23-12-15/h13-18,23H,5-12H2,1-4H3,(H,28,29)/t15?,16-,17+/m1/s1. The van der Waals surface area contributed by atoms with E-state index >= 15 is 0 Å². The van der Waals surface area contributed by atoms with E-state index in [-0.39, 0.29) is 50.0 Å². The third kappa shape index (κ3) is 5.00. The minimum absolute atomic E-state index is 0.191. The van der Waals surface area contributed by atoms with Gasteiger partial charge in [-0.25, -0.2) is 19.3 Å². The van der Waals surface area contributed by atoms with E-state index in [1.54, 1.807) is 4.90 Å². The van der Waals surface area contributed by atoms with Gasteiger partial charge in [-0.2, -0.15) is 0 Å². The van der Waals surface area contributed by atoms with Crippen LogP contribution in [-0.2, 0) is 14.3 Å². The molecule has 0 saturated carbocycles. The fraction of sp³-hybridized carbons (Fsp3) is 0.818. The molecular formula is C22H36N4O6. The summed E-state index contributed by atoms with van der Waals surface area (Å²) in [5, 5.41) is 12.9. The number of nitrogens with zero attached hydrogens (tertiary/aromatic N) is 3. The smallest absolute Gasteiger partial charge is 0.410 e.